The van der Waals surface area contributed by atoms with E-state index in [9.17, 15) is 4.79 Å². The molecule has 0 saturated carbocycles. The molecule has 0 unspecified atom stereocenters. The van der Waals surface area contributed by atoms with E-state index in [2.05, 4.69) is 0 Å². The van der Waals surface area contributed by atoms with Gasteiger partial charge in [-0.05, 0) is 35.4 Å². The van der Waals surface area contributed by atoms with Crippen LogP contribution in [-0.2, 0) is 6.61 Å². The molecule has 5 heteroatoms. The number of benzene rings is 3. The molecule has 1 aromatic heterocycles. The fraction of sp³-hybridized carbons (Fsp3) is 0.125. The number of rotatable bonds is 4. The van der Waals surface area contributed by atoms with Gasteiger partial charge in [0.1, 0.15) is 37.4 Å². The lowest BCUT2D eigenvalue weighted by atomic mass is 10.0. The molecule has 0 aliphatic carbocycles. The van der Waals surface area contributed by atoms with Gasteiger partial charge in [-0.25, -0.2) is 0 Å². The molecular formula is C24H18O5. The van der Waals surface area contributed by atoms with E-state index in [0.717, 1.165) is 11.1 Å². The standard InChI is InChI=1S/C24H18O5/c25-24-19-8-7-18(28-14-16-4-2-1-3-5-16)13-22(19)29-15-20(24)17-6-9-21-23(12-17)27-11-10-26-21/h1-9,12-13,15H,10-11,14H2. The van der Waals surface area contributed by atoms with Crippen molar-refractivity contribution in [1.29, 1.82) is 0 Å². The molecule has 0 atom stereocenters. The van der Waals surface area contributed by atoms with Crippen LogP contribution in [0.3, 0.4) is 0 Å². The van der Waals surface area contributed by atoms with Gasteiger partial charge in [-0.15, -0.1) is 0 Å². The van der Waals surface area contributed by atoms with E-state index in [0.29, 0.717) is 53.6 Å². The van der Waals surface area contributed by atoms with E-state index in [1.165, 1.54) is 6.26 Å². The number of hydrogen-bond acceptors (Lipinski definition) is 5. The van der Waals surface area contributed by atoms with Crippen LogP contribution in [0, 0.1) is 0 Å². The maximum absolute atomic E-state index is 13.0. The normalized spacial score (nSPS) is 12.7. The van der Waals surface area contributed by atoms with Crippen molar-refractivity contribution < 1.29 is 18.6 Å². The first kappa shape index (κ1) is 17.4. The van der Waals surface area contributed by atoms with Crippen LogP contribution in [-0.4, -0.2) is 13.2 Å². The summed E-state index contributed by atoms with van der Waals surface area (Å²) in [6.07, 6.45) is 1.48. The maximum Gasteiger partial charge on any atom is 0.200 e. The van der Waals surface area contributed by atoms with Crippen LogP contribution in [0.1, 0.15) is 5.56 Å². The van der Waals surface area contributed by atoms with Gasteiger partial charge in [-0.1, -0.05) is 36.4 Å². The fourth-order valence-electron chi connectivity index (χ4n) is 3.35. The van der Waals surface area contributed by atoms with Gasteiger partial charge in [0, 0.05) is 6.07 Å². The quantitative estimate of drug-likeness (QED) is 0.504. The van der Waals surface area contributed by atoms with Gasteiger partial charge in [0.25, 0.3) is 0 Å². The summed E-state index contributed by atoms with van der Waals surface area (Å²) >= 11 is 0. The molecule has 1 aliphatic rings. The molecule has 0 bridgehead atoms. The van der Waals surface area contributed by atoms with E-state index >= 15 is 0 Å². The lowest BCUT2D eigenvalue weighted by molar-refractivity contribution is 0.171. The van der Waals surface area contributed by atoms with Crippen molar-refractivity contribution in [2.75, 3.05) is 13.2 Å². The molecule has 0 radical (unpaired) electrons. The van der Waals surface area contributed by atoms with Crippen LogP contribution in [0.4, 0.5) is 0 Å². The summed E-state index contributed by atoms with van der Waals surface area (Å²) in [4.78, 5) is 13.0. The molecule has 5 rings (SSSR count). The smallest absolute Gasteiger partial charge is 0.200 e. The second-order valence-electron chi connectivity index (χ2n) is 6.77. The van der Waals surface area contributed by atoms with E-state index in [1.54, 1.807) is 18.2 Å². The summed E-state index contributed by atoms with van der Waals surface area (Å²) in [5.41, 5.74) is 2.67. The first-order valence-corrected chi connectivity index (χ1v) is 9.40. The van der Waals surface area contributed by atoms with E-state index in [4.69, 9.17) is 18.6 Å². The van der Waals surface area contributed by atoms with Crippen LogP contribution in [0.25, 0.3) is 22.1 Å². The van der Waals surface area contributed by atoms with Gasteiger partial charge in [-0.2, -0.15) is 0 Å². The van der Waals surface area contributed by atoms with Crippen molar-refractivity contribution in [1.82, 2.24) is 0 Å². The van der Waals surface area contributed by atoms with Crippen molar-refractivity contribution in [2.45, 2.75) is 6.61 Å². The molecule has 0 N–H and O–H groups in total. The van der Waals surface area contributed by atoms with E-state index in [-0.39, 0.29) is 5.43 Å². The van der Waals surface area contributed by atoms with Gasteiger partial charge in [0.15, 0.2) is 16.9 Å². The zero-order valence-corrected chi connectivity index (χ0v) is 15.6. The van der Waals surface area contributed by atoms with Gasteiger partial charge >= 0.3 is 0 Å². The first-order valence-electron chi connectivity index (χ1n) is 9.40. The maximum atomic E-state index is 13.0. The molecular weight excluding hydrogens is 368 g/mol. The largest absolute Gasteiger partial charge is 0.489 e. The van der Waals surface area contributed by atoms with E-state index in [1.807, 2.05) is 48.5 Å². The van der Waals surface area contributed by atoms with Crippen molar-refractivity contribution in [3.63, 3.8) is 0 Å². The molecule has 2 heterocycles. The highest BCUT2D eigenvalue weighted by Gasteiger charge is 2.15. The minimum absolute atomic E-state index is 0.0995. The first-order chi connectivity index (χ1) is 14.3. The second kappa shape index (κ2) is 7.36. The molecule has 5 nitrogen and oxygen atoms in total. The van der Waals surface area contributed by atoms with Crippen LogP contribution >= 0.6 is 0 Å². The highest BCUT2D eigenvalue weighted by molar-refractivity contribution is 5.83. The Hall–Kier alpha value is -3.73. The van der Waals surface area contributed by atoms with Gasteiger partial charge in [0.2, 0.25) is 0 Å². The molecule has 0 amide bonds. The lowest BCUT2D eigenvalue weighted by Crippen LogP contribution is -2.15. The fourth-order valence-corrected chi connectivity index (χ4v) is 3.35. The van der Waals surface area contributed by atoms with Crippen LogP contribution < -0.4 is 19.6 Å². The third kappa shape index (κ3) is 3.43. The Labute approximate surface area is 167 Å². The average Bonchev–Trinajstić information content (AvgIpc) is 2.78. The molecule has 0 saturated heterocycles. The van der Waals surface area contributed by atoms with Crippen molar-refractivity contribution >= 4 is 11.0 Å². The highest BCUT2D eigenvalue weighted by atomic mass is 16.6. The van der Waals surface area contributed by atoms with E-state index < -0.39 is 0 Å². The average molecular weight is 386 g/mol. The summed E-state index contributed by atoms with van der Waals surface area (Å²) in [5, 5.41) is 0.504. The van der Waals surface area contributed by atoms with Gasteiger partial charge < -0.3 is 18.6 Å². The molecule has 144 valence electrons. The Balaban J connectivity index is 1.45. The molecule has 4 aromatic rings. The van der Waals surface area contributed by atoms with Crippen molar-refractivity contribution in [3.8, 4) is 28.4 Å². The minimum atomic E-state index is -0.0995. The van der Waals surface area contributed by atoms with Crippen molar-refractivity contribution in [3.05, 3.63) is 88.8 Å². The molecule has 0 fully saturated rings. The van der Waals surface area contributed by atoms with Crippen LogP contribution in [0.2, 0.25) is 0 Å². The number of ether oxygens (including phenoxy) is 3. The predicted molar refractivity (Wildman–Crippen MR) is 110 cm³/mol. The van der Waals surface area contributed by atoms with Crippen LogP contribution in [0.5, 0.6) is 17.2 Å². The zero-order valence-electron chi connectivity index (χ0n) is 15.6. The van der Waals surface area contributed by atoms with Crippen LogP contribution in [0.15, 0.2) is 82.2 Å². The Morgan fingerprint density at radius 1 is 0.862 bits per heavy atom. The predicted octanol–water partition coefficient (Wildman–Crippen LogP) is 4.81. The summed E-state index contributed by atoms with van der Waals surface area (Å²) in [7, 11) is 0. The SMILES string of the molecule is O=c1c(-c2ccc3c(c2)OCCO3)coc2cc(OCc3ccccc3)ccc12. The summed E-state index contributed by atoms with van der Waals surface area (Å²) in [6.45, 7) is 1.47. The Morgan fingerprint density at radius 3 is 2.55 bits per heavy atom. The third-order valence-corrected chi connectivity index (χ3v) is 4.85. The summed E-state index contributed by atoms with van der Waals surface area (Å²) < 4.78 is 22.7. The van der Waals surface area contributed by atoms with Crippen molar-refractivity contribution in [2.24, 2.45) is 0 Å². The Bertz CT molecular complexity index is 1230. The summed E-state index contributed by atoms with van der Waals surface area (Å²) in [6, 6.07) is 20.6. The molecule has 1 aliphatic heterocycles. The lowest BCUT2D eigenvalue weighted by Gasteiger charge is -2.18. The monoisotopic (exact) mass is 386 g/mol. The number of hydrogen-bond donors (Lipinski definition) is 0. The Morgan fingerprint density at radius 2 is 1.69 bits per heavy atom. The van der Waals surface area contributed by atoms with Gasteiger partial charge in [-0.3, -0.25) is 4.79 Å². The highest BCUT2D eigenvalue weighted by Crippen LogP contribution is 2.34. The summed E-state index contributed by atoms with van der Waals surface area (Å²) in [5.74, 6) is 1.97. The molecule has 0 spiro atoms. The Kier molecular flexibility index (Phi) is 4.41. The zero-order chi connectivity index (χ0) is 19.6. The number of fused-ring (bicyclic) bond motifs is 2. The van der Waals surface area contributed by atoms with Gasteiger partial charge in [0.05, 0.1) is 10.9 Å². The topological polar surface area (TPSA) is 57.9 Å². The molecule has 29 heavy (non-hydrogen) atoms. The minimum Gasteiger partial charge on any atom is -0.489 e. The molecule has 3 aromatic carbocycles. The third-order valence-electron chi connectivity index (χ3n) is 4.85. The second-order valence-corrected chi connectivity index (χ2v) is 6.77.